The molecule has 1 fully saturated rings. The van der Waals surface area contributed by atoms with E-state index in [1.54, 1.807) is 0 Å². The maximum Gasteiger partial charge on any atom is -0.0417 e. The molecule has 0 spiro atoms. The highest BCUT2D eigenvalue weighted by Gasteiger charge is 2.12. The van der Waals surface area contributed by atoms with Gasteiger partial charge in [0.25, 0.3) is 0 Å². The normalized spacial score (nSPS) is 30.4. The minimum Gasteiger partial charge on any atom is -0.0651 e. The van der Waals surface area contributed by atoms with Crippen LogP contribution < -0.4 is 0 Å². The second-order valence-corrected chi connectivity index (χ2v) is 5.82. The van der Waals surface area contributed by atoms with Gasteiger partial charge in [-0.3, -0.25) is 0 Å². The van der Waals surface area contributed by atoms with Crippen LogP contribution in [0.2, 0.25) is 0 Å². The highest BCUT2D eigenvalue weighted by atomic mass is 14.2. The summed E-state index contributed by atoms with van der Waals surface area (Å²) in [5.41, 5.74) is 0. The van der Waals surface area contributed by atoms with Gasteiger partial charge in [-0.05, 0) is 11.8 Å². The average molecular weight is 224 g/mol. The summed E-state index contributed by atoms with van der Waals surface area (Å²) in [5.74, 6) is 2.07. The van der Waals surface area contributed by atoms with Crippen molar-refractivity contribution < 1.29 is 0 Å². The van der Waals surface area contributed by atoms with Gasteiger partial charge < -0.3 is 0 Å². The molecule has 0 heterocycles. The summed E-state index contributed by atoms with van der Waals surface area (Å²) in [6, 6.07) is 0. The lowest BCUT2D eigenvalue weighted by atomic mass is 9.86. The maximum absolute atomic E-state index is 2.39. The van der Waals surface area contributed by atoms with Crippen LogP contribution in [0.3, 0.4) is 0 Å². The molecule has 1 saturated carbocycles. The van der Waals surface area contributed by atoms with Gasteiger partial charge in [0.05, 0.1) is 0 Å². The topological polar surface area (TPSA) is 0 Å². The Labute approximate surface area is 103 Å². The van der Waals surface area contributed by atoms with E-state index in [2.05, 4.69) is 13.8 Å². The molecular weight excluding hydrogens is 192 g/mol. The summed E-state index contributed by atoms with van der Waals surface area (Å²) in [5, 5.41) is 0. The molecule has 0 nitrogen and oxygen atoms in total. The first kappa shape index (κ1) is 14.1. The van der Waals surface area contributed by atoms with E-state index in [9.17, 15) is 0 Å². The summed E-state index contributed by atoms with van der Waals surface area (Å²) < 4.78 is 0. The minimum absolute atomic E-state index is 1.04. The zero-order chi connectivity index (χ0) is 11.6. The fourth-order valence-electron chi connectivity index (χ4n) is 3.15. The third kappa shape index (κ3) is 5.92. The van der Waals surface area contributed by atoms with Gasteiger partial charge in [0, 0.05) is 0 Å². The second-order valence-electron chi connectivity index (χ2n) is 5.82. The van der Waals surface area contributed by atoms with E-state index >= 15 is 0 Å². The maximum atomic E-state index is 2.39. The van der Waals surface area contributed by atoms with Gasteiger partial charge in [0.15, 0.2) is 0 Å². The molecule has 0 aliphatic heterocycles. The van der Waals surface area contributed by atoms with Gasteiger partial charge in [-0.25, -0.2) is 0 Å². The van der Waals surface area contributed by atoms with Crippen LogP contribution in [0.15, 0.2) is 0 Å². The minimum atomic E-state index is 1.04. The Morgan fingerprint density at radius 1 is 0.562 bits per heavy atom. The summed E-state index contributed by atoms with van der Waals surface area (Å²) in [6.45, 7) is 4.77. The molecule has 0 saturated heterocycles. The van der Waals surface area contributed by atoms with Crippen LogP contribution in [-0.2, 0) is 0 Å². The fourth-order valence-corrected chi connectivity index (χ4v) is 3.15. The summed E-state index contributed by atoms with van der Waals surface area (Å²) >= 11 is 0. The summed E-state index contributed by atoms with van der Waals surface area (Å²) in [4.78, 5) is 0. The van der Waals surface area contributed by atoms with Crippen LogP contribution in [0.1, 0.15) is 90.9 Å². The molecule has 0 aromatic rings. The van der Waals surface area contributed by atoms with Crippen molar-refractivity contribution in [2.24, 2.45) is 11.8 Å². The largest absolute Gasteiger partial charge is 0.0651 e. The van der Waals surface area contributed by atoms with Crippen LogP contribution >= 0.6 is 0 Å². The van der Waals surface area contributed by atoms with E-state index in [-0.39, 0.29) is 0 Å². The molecule has 0 aromatic heterocycles. The third-order valence-electron chi connectivity index (χ3n) is 4.61. The first-order valence-electron chi connectivity index (χ1n) is 7.86. The molecule has 1 aliphatic carbocycles. The Kier molecular flexibility index (Phi) is 7.98. The predicted octanol–water partition coefficient (Wildman–Crippen LogP) is 5.95. The van der Waals surface area contributed by atoms with Gasteiger partial charge in [0.2, 0.25) is 0 Å². The van der Waals surface area contributed by atoms with Crippen LogP contribution in [0.4, 0.5) is 0 Å². The Bertz CT molecular complexity index is 132. The highest BCUT2D eigenvalue weighted by Crippen LogP contribution is 2.27. The molecule has 0 N–H and O–H groups in total. The SMILES string of the molecule is CCC1CCCCCCCCC(CC)CC1. The number of hydrogen-bond acceptors (Lipinski definition) is 0. The average Bonchev–Trinajstić information content (AvgIpc) is 2.30. The van der Waals surface area contributed by atoms with E-state index < -0.39 is 0 Å². The number of hydrogen-bond donors (Lipinski definition) is 0. The van der Waals surface area contributed by atoms with Crippen LogP contribution in [0, 0.1) is 11.8 Å². The van der Waals surface area contributed by atoms with Crippen LogP contribution in [0.5, 0.6) is 0 Å². The molecule has 2 unspecified atom stereocenters. The highest BCUT2D eigenvalue weighted by molar-refractivity contribution is 4.65. The molecule has 1 aliphatic rings. The molecule has 0 heteroatoms. The van der Waals surface area contributed by atoms with Crippen molar-refractivity contribution in [1.82, 2.24) is 0 Å². The first-order valence-corrected chi connectivity index (χ1v) is 7.86. The van der Waals surface area contributed by atoms with E-state index in [1.807, 2.05) is 0 Å². The molecule has 96 valence electrons. The molecule has 0 bridgehead atoms. The van der Waals surface area contributed by atoms with Crippen molar-refractivity contribution >= 4 is 0 Å². The zero-order valence-corrected chi connectivity index (χ0v) is 11.6. The molecule has 2 atom stereocenters. The monoisotopic (exact) mass is 224 g/mol. The quantitative estimate of drug-likeness (QED) is 0.543. The lowest BCUT2D eigenvalue weighted by molar-refractivity contribution is 0.326. The molecule has 16 heavy (non-hydrogen) atoms. The van der Waals surface area contributed by atoms with E-state index in [1.165, 1.54) is 77.0 Å². The lowest BCUT2D eigenvalue weighted by Crippen LogP contribution is -2.06. The molecule has 0 radical (unpaired) electrons. The van der Waals surface area contributed by atoms with E-state index in [0.29, 0.717) is 0 Å². The Morgan fingerprint density at radius 2 is 0.938 bits per heavy atom. The molecule has 0 amide bonds. The van der Waals surface area contributed by atoms with Crippen LogP contribution in [-0.4, -0.2) is 0 Å². The lowest BCUT2D eigenvalue weighted by Gasteiger charge is -2.20. The van der Waals surface area contributed by atoms with Crippen molar-refractivity contribution in [3.63, 3.8) is 0 Å². The summed E-state index contributed by atoms with van der Waals surface area (Å²) in [7, 11) is 0. The van der Waals surface area contributed by atoms with Gasteiger partial charge in [-0.1, -0.05) is 90.9 Å². The standard InChI is InChI=1S/C16H32/c1-3-15-11-9-7-5-6-8-10-12-16(4-2)14-13-15/h15-16H,3-14H2,1-2H3. The van der Waals surface area contributed by atoms with E-state index in [4.69, 9.17) is 0 Å². The Balaban J connectivity index is 2.33. The van der Waals surface area contributed by atoms with Crippen molar-refractivity contribution in [2.45, 2.75) is 90.9 Å². The fraction of sp³-hybridized carbons (Fsp3) is 1.00. The molecular formula is C16H32. The molecule has 0 aromatic carbocycles. The Morgan fingerprint density at radius 3 is 1.31 bits per heavy atom. The van der Waals surface area contributed by atoms with Gasteiger partial charge in [0.1, 0.15) is 0 Å². The van der Waals surface area contributed by atoms with Crippen LogP contribution in [0.25, 0.3) is 0 Å². The van der Waals surface area contributed by atoms with Crippen molar-refractivity contribution in [3.8, 4) is 0 Å². The first-order chi connectivity index (χ1) is 7.86. The van der Waals surface area contributed by atoms with Gasteiger partial charge in [-0.15, -0.1) is 0 Å². The van der Waals surface area contributed by atoms with Gasteiger partial charge in [-0.2, -0.15) is 0 Å². The second kappa shape index (κ2) is 9.07. The zero-order valence-electron chi connectivity index (χ0n) is 11.6. The summed E-state index contributed by atoms with van der Waals surface area (Å²) in [6.07, 6.45) is 17.8. The van der Waals surface area contributed by atoms with Crippen molar-refractivity contribution in [2.75, 3.05) is 0 Å². The number of rotatable bonds is 2. The van der Waals surface area contributed by atoms with Gasteiger partial charge >= 0.3 is 0 Å². The Hall–Kier alpha value is 0. The van der Waals surface area contributed by atoms with Crippen molar-refractivity contribution in [1.29, 1.82) is 0 Å². The predicted molar refractivity (Wildman–Crippen MR) is 73.7 cm³/mol. The molecule has 1 rings (SSSR count). The van der Waals surface area contributed by atoms with E-state index in [0.717, 1.165) is 11.8 Å². The van der Waals surface area contributed by atoms with Crippen molar-refractivity contribution in [3.05, 3.63) is 0 Å². The third-order valence-corrected chi connectivity index (χ3v) is 4.61. The smallest absolute Gasteiger partial charge is 0.0417 e.